The molecule has 0 unspecified atom stereocenters. The van der Waals surface area contributed by atoms with Crippen molar-refractivity contribution in [1.82, 2.24) is 5.43 Å². The Hall–Kier alpha value is -0.990. The molecule has 0 aromatic rings. The van der Waals surface area contributed by atoms with Gasteiger partial charge in [-0.25, -0.2) is 0 Å². The molecule has 0 aliphatic carbocycles. The number of rotatable bonds is 2. The van der Waals surface area contributed by atoms with Crippen LogP contribution in [0.3, 0.4) is 0 Å². The Bertz CT molecular complexity index is 128. The van der Waals surface area contributed by atoms with E-state index in [9.17, 15) is 0 Å². The first kappa shape index (κ1) is 5.15. The lowest BCUT2D eigenvalue weighted by Crippen LogP contribution is -1.96. The van der Waals surface area contributed by atoms with Crippen LogP contribution in [0.25, 0.3) is 0 Å². The number of ether oxygens (including phenoxy) is 1. The molecular formula is C5H7N2O. The lowest BCUT2D eigenvalue weighted by atomic mass is 10.6. The Morgan fingerprint density at radius 3 is 3.12 bits per heavy atom. The molecule has 0 aromatic carbocycles. The fraction of sp³-hybridized carbons (Fsp3) is 0.400. The maximum atomic E-state index is 4.97. The van der Waals surface area contributed by atoms with E-state index in [4.69, 9.17) is 4.74 Å². The molecular weight excluding hydrogens is 104 g/mol. The lowest BCUT2D eigenvalue weighted by Gasteiger charge is -1.97. The van der Waals surface area contributed by atoms with Crippen LogP contribution in [-0.2, 0) is 4.74 Å². The minimum Gasteiger partial charge on any atom is -0.477 e. The Morgan fingerprint density at radius 1 is 1.75 bits per heavy atom. The first-order valence-electron chi connectivity index (χ1n) is 2.50. The normalized spacial score (nSPS) is 15.4. The third-order valence-corrected chi connectivity index (χ3v) is 0.732. The van der Waals surface area contributed by atoms with Crippen LogP contribution in [0.4, 0.5) is 0 Å². The van der Waals surface area contributed by atoms with Gasteiger partial charge in [0.05, 0.1) is 12.8 Å². The summed E-state index contributed by atoms with van der Waals surface area (Å²) >= 11 is 0. The van der Waals surface area contributed by atoms with E-state index in [-0.39, 0.29) is 0 Å². The van der Waals surface area contributed by atoms with Crippen LogP contribution in [0, 0.1) is 0 Å². The van der Waals surface area contributed by atoms with Gasteiger partial charge in [0.2, 0.25) is 5.88 Å². The summed E-state index contributed by atoms with van der Waals surface area (Å²) in [6.45, 7) is 2.56. The van der Waals surface area contributed by atoms with E-state index in [2.05, 4.69) is 10.5 Å². The smallest absolute Gasteiger partial charge is 0.234 e. The second kappa shape index (κ2) is 2.35. The van der Waals surface area contributed by atoms with Gasteiger partial charge in [0, 0.05) is 6.08 Å². The van der Waals surface area contributed by atoms with Crippen molar-refractivity contribution in [3.05, 3.63) is 12.0 Å². The van der Waals surface area contributed by atoms with Crippen molar-refractivity contribution < 1.29 is 4.74 Å². The molecule has 0 amide bonds. The van der Waals surface area contributed by atoms with Crippen LogP contribution in [0.2, 0.25) is 0 Å². The molecule has 0 atom stereocenters. The van der Waals surface area contributed by atoms with Gasteiger partial charge in [-0.15, -0.1) is 5.43 Å². The van der Waals surface area contributed by atoms with Gasteiger partial charge in [-0.1, -0.05) is 0 Å². The molecule has 3 heteroatoms. The van der Waals surface area contributed by atoms with E-state index in [1.54, 1.807) is 12.3 Å². The molecule has 0 aromatic heterocycles. The number of nitrogens with zero attached hydrogens (tertiary/aromatic N) is 2. The molecule has 0 spiro atoms. The van der Waals surface area contributed by atoms with Crippen LogP contribution in [0.1, 0.15) is 6.92 Å². The highest BCUT2D eigenvalue weighted by Gasteiger charge is 1.98. The predicted octanol–water partition coefficient (Wildman–Crippen LogP) is 0.468. The molecule has 1 rings (SSSR count). The predicted molar refractivity (Wildman–Crippen MR) is 30.3 cm³/mol. The molecule has 1 aliphatic rings. The van der Waals surface area contributed by atoms with Gasteiger partial charge >= 0.3 is 0 Å². The number of allylic oxidation sites excluding steroid dienone is 1. The Morgan fingerprint density at radius 2 is 2.62 bits per heavy atom. The van der Waals surface area contributed by atoms with Crippen molar-refractivity contribution in [1.29, 1.82) is 0 Å². The van der Waals surface area contributed by atoms with Crippen LogP contribution in [0.15, 0.2) is 17.1 Å². The van der Waals surface area contributed by atoms with Gasteiger partial charge in [0.1, 0.15) is 0 Å². The summed E-state index contributed by atoms with van der Waals surface area (Å²) in [6, 6.07) is 0. The summed E-state index contributed by atoms with van der Waals surface area (Å²) in [4.78, 5) is 0. The van der Waals surface area contributed by atoms with Crippen molar-refractivity contribution in [2.24, 2.45) is 5.10 Å². The topological polar surface area (TPSA) is 35.7 Å². The highest BCUT2D eigenvalue weighted by atomic mass is 16.5. The van der Waals surface area contributed by atoms with Crippen LogP contribution >= 0.6 is 0 Å². The third kappa shape index (κ3) is 0.992. The fourth-order valence-corrected chi connectivity index (χ4v) is 0.446. The lowest BCUT2D eigenvalue weighted by molar-refractivity contribution is 0.208. The standard InChI is InChI=1S/C5H7N2O/c1-2-8-5-3-4-6-7-5/h3-4H,2H2,1H3. The van der Waals surface area contributed by atoms with Crippen molar-refractivity contribution in [2.45, 2.75) is 6.92 Å². The van der Waals surface area contributed by atoms with Gasteiger partial charge in [0.15, 0.2) is 0 Å². The van der Waals surface area contributed by atoms with Crippen LogP contribution < -0.4 is 5.43 Å². The van der Waals surface area contributed by atoms with Crippen LogP contribution in [0.5, 0.6) is 0 Å². The van der Waals surface area contributed by atoms with E-state index in [0.29, 0.717) is 12.5 Å². The van der Waals surface area contributed by atoms with E-state index in [0.717, 1.165) is 0 Å². The molecule has 1 radical (unpaired) electrons. The first-order chi connectivity index (χ1) is 3.93. The van der Waals surface area contributed by atoms with E-state index in [1.165, 1.54) is 0 Å². The summed E-state index contributed by atoms with van der Waals surface area (Å²) in [7, 11) is 0. The monoisotopic (exact) mass is 111 g/mol. The molecule has 0 fully saturated rings. The average Bonchev–Trinajstić information content (AvgIpc) is 2.19. The summed E-state index contributed by atoms with van der Waals surface area (Å²) < 4.78 is 4.97. The second-order valence-corrected chi connectivity index (χ2v) is 1.30. The van der Waals surface area contributed by atoms with Crippen molar-refractivity contribution in [2.75, 3.05) is 6.61 Å². The summed E-state index contributed by atoms with van der Waals surface area (Å²) in [5, 5.41) is 3.57. The zero-order valence-electron chi connectivity index (χ0n) is 4.66. The minimum atomic E-state index is 0.604. The van der Waals surface area contributed by atoms with Gasteiger partial charge < -0.3 is 4.74 Å². The molecule has 0 N–H and O–H groups in total. The molecule has 43 valence electrons. The third-order valence-electron chi connectivity index (χ3n) is 0.732. The van der Waals surface area contributed by atoms with E-state index < -0.39 is 0 Å². The zero-order valence-corrected chi connectivity index (χ0v) is 4.66. The van der Waals surface area contributed by atoms with Crippen molar-refractivity contribution in [3.8, 4) is 0 Å². The molecule has 1 aliphatic heterocycles. The van der Waals surface area contributed by atoms with Gasteiger partial charge in [-0.2, -0.15) is 5.10 Å². The van der Waals surface area contributed by atoms with Gasteiger partial charge in [0.25, 0.3) is 0 Å². The molecule has 0 saturated carbocycles. The summed E-state index contributed by atoms with van der Waals surface area (Å²) in [5.74, 6) is 0.604. The molecule has 0 saturated heterocycles. The number of hydrogen-bond acceptors (Lipinski definition) is 2. The quantitative estimate of drug-likeness (QED) is 0.510. The van der Waals surface area contributed by atoms with Gasteiger partial charge in [-0.3, -0.25) is 0 Å². The van der Waals surface area contributed by atoms with E-state index in [1.807, 2.05) is 6.92 Å². The molecule has 8 heavy (non-hydrogen) atoms. The number of hydrogen-bond donors (Lipinski definition) is 0. The van der Waals surface area contributed by atoms with Crippen LogP contribution in [-0.4, -0.2) is 12.8 Å². The Balaban J connectivity index is 2.28. The fourth-order valence-electron chi connectivity index (χ4n) is 0.446. The van der Waals surface area contributed by atoms with E-state index >= 15 is 0 Å². The minimum absolute atomic E-state index is 0.604. The molecule has 3 nitrogen and oxygen atoms in total. The first-order valence-corrected chi connectivity index (χ1v) is 2.50. The van der Waals surface area contributed by atoms with Crippen molar-refractivity contribution in [3.63, 3.8) is 0 Å². The Kier molecular flexibility index (Phi) is 1.51. The van der Waals surface area contributed by atoms with Crippen molar-refractivity contribution >= 4 is 6.21 Å². The maximum Gasteiger partial charge on any atom is 0.234 e. The average molecular weight is 111 g/mol. The summed E-state index contributed by atoms with van der Waals surface area (Å²) in [6.07, 6.45) is 3.33. The molecule has 1 heterocycles. The molecule has 0 bridgehead atoms. The highest BCUT2D eigenvalue weighted by Crippen LogP contribution is 1.96. The zero-order chi connectivity index (χ0) is 5.82. The second-order valence-electron chi connectivity index (χ2n) is 1.30. The van der Waals surface area contributed by atoms with Gasteiger partial charge in [-0.05, 0) is 6.92 Å². The Labute approximate surface area is 48.0 Å². The highest BCUT2D eigenvalue weighted by molar-refractivity contribution is 5.73. The summed E-state index contributed by atoms with van der Waals surface area (Å²) in [5.41, 5.74) is 3.63. The largest absolute Gasteiger partial charge is 0.477 e. The maximum absolute atomic E-state index is 4.97. The SMILES string of the molecule is CCOC1=CC=N[N]1.